The standard InChI is InChI=1S/C23H16N2O2S2/c26-22-14-28-23(27)25(22)13-16-10-11-21(29-16)20-12-18(15-6-2-1-3-7-15)17-8-4-5-9-19(17)24-20/h1-12H,13-14H2. The van der Waals surface area contributed by atoms with Crippen LogP contribution in [0.4, 0.5) is 4.79 Å². The normalized spacial score (nSPS) is 14.1. The number of carbonyl (C=O) groups excluding carboxylic acids is 2. The van der Waals surface area contributed by atoms with Crippen molar-refractivity contribution in [3.05, 3.63) is 77.7 Å². The van der Waals surface area contributed by atoms with Gasteiger partial charge in [0.1, 0.15) is 0 Å². The van der Waals surface area contributed by atoms with Gasteiger partial charge in [0.05, 0.1) is 28.4 Å². The molecule has 29 heavy (non-hydrogen) atoms. The van der Waals surface area contributed by atoms with E-state index in [4.69, 9.17) is 4.98 Å². The molecule has 0 spiro atoms. The lowest BCUT2D eigenvalue weighted by molar-refractivity contribution is -0.124. The van der Waals surface area contributed by atoms with Crippen LogP contribution in [0.2, 0.25) is 0 Å². The van der Waals surface area contributed by atoms with Gasteiger partial charge in [-0.2, -0.15) is 0 Å². The summed E-state index contributed by atoms with van der Waals surface area (Å²) in [6.07, 6.45) is 0. The second kappa shape index (κ2) is 7.46. The van der Waals surface area contributed by atoms with Gasteiger partial charge in [-0.3, -0.25) is 14.5 Å². The van der Waals surface area contributed by atoms with Crippen molar-refractivity contribution in [1.82, 2.24) is 9.88 Å². The molecule has 0 unspecified atom stereocenters. The van der Waals surface area contributed by atoms with Crippen molar-refractivity contribution in [2.45, 2.75) is 6.54 Å². The molecule has 4 aromatic rings. The van der Waals surface area contributed by atoms with Crippen molar-refractivity contribution >= 4 is 45.1 Å². The molecule has 5 rings (SSSR count). The van der Waals surface area contributed by atoms with E-state index in [9.17, 15) is 9.59 Å². The highest BCUT2D eigenvalue weighted by Crippen LogP contribution is 2.35. The molecule has 0 radical (unpaired) electrons. The first-order chi connectivity index (χ1) is 14.2. The zero-order valence-corrected chi connectivity index (χ0v) is 17.0. The van der Waals surface area contributed by atoms with Crippen LogP contribution in [0.3, 0.4) is 0 Å². The third-order valence-corrected chi connectivity index (χ3v) is 6.82. The second-order valence-electron chi connectivity index (χ2n) is 6.74. The van der Waals surface area contributed by atoms with E-state index in [-0.39, 0.29) is 16.9 Å². The van der Waals surface area contributed by atoms with E-state index >= 15 is 0 Å². The van der Waals surface area contributed by atoms with Crippen LogP contribution in [0.5, 0.6) is 0 Å². The minimum Gasteiger partial charge on any atom is -0.273 e. The van der Waals surface area contributed by atoms with Crippen molar-refractivity contribution in [3.63, 3.8) is 0 Å². The number of para-hydroxylation sites is 1. The highest BCUT2D eigenvalue weighted by atomic mass is 32.2. The Hall–Kier alpha value is -2.96. The van der Waals surface area contributed by atoms with Gasteiger partial charge in [0.25, 0.3) is 5.24 Å². The monoisotopic (exact) mass is 416 g/mol. The van der Waals surface area contributed by atoms with Crippen molar-refractivity contribution < 1.29 is 9.59 Å². The number of amides is 2. The van der Waals surface area contributed by atoms with Crippen LogP contribution in [0, 0.1) is 0 Å². The largest absolute Gasteiger partial charge is 0.289 e. The Morgan fingerprint density at radius 2 is 1.72 bits per heavy atom. The van der Waals surface area contributed by atoms with E-state index in [0.717, 1.165) is 49.2 Å². The topological polar surface area (TPSA) is 50.3 Å². The molecule has 3 heterocycles. The molecule has 0 bridgehead atoms. The molecule has 1 aliphatic rings. The van der Waals surface area contributed by atoms with Gasteiger partial charge in [0.2, 0.25) is 5.91 Å². The molecule has 0 N–H and O–H groups in total. The van der Waals surface area contributed by atoms with Crippen molar-refractivity contribution in [2.24, 2.45) is 0 Å². The SMILES string of the molecule is O=C1CSC(=O)N1Cc1ccc(-c2cc(-c3ccccc3)c3ccccc3n2)s1. The maximum atomic E-state index is 11.9. The number of hydrogen-bond donors (Lipinski definition) is 0. The lowest BCUT2D eigenvalue weighted by atomic mass is 10.00. The molecule has 1 fully saturated rings. The first-order valence-electron chi connectivity index (χ1n) is 9.20. The summed E-state index contributed by atoms with van der Waals surface area (Å²) in [7, 11) is 0. The number of carbonyl (C=O) groups is 2. The number of thiophene rings is 1. The summed E-state index contributed by atoms with van der Waals surface area (Å²) in [4.78, 5) is 31.9. The molecule has 4 nitrogen and oxygen atoms in total. The van der Waals surface area contributed by atoms with Crippen molar-refractivity contribution in [3.8, 4) is 21.7 Å². The fourth-order valence-corrected chi connectivity index (χ4v) is 5.13. The summed E-state index contributed by atoms with van der Waals surface area (Å²) < 4.78 is 0. The average molecular weight is 417 g/mol. The number of nitrogens with zero attached hydrogens (tertiary/aromatic N) is 2. The molecule has 0 saturated carbocycles. The average Bonchev–Trinajstić information content (AvgIpc) is 3.36. The van der Waals surface area contributed by atoms with E-state index in [1.165, 1.54) is 4.90 Å². The Labute approximate surface area is 176 Å². The van der Waals surface area contributed by atoms with Crippen molar-refractivity contribution in [1.29, 1.82) is 0 Å². The first-order valence-corrected chi connectivity index (χ1v) is 11.0. The summed E-state index contributed by atoms with van der Waals surface area (Å²) in [5.74, 6) is 0.120. The lowest BCUT2D eigenvalue weighted by Gasteiger charge is -2.11. The van der Waals surface area contributed by atoms with E-state index < -0.39 is 0 Å². The van der Waals surface area contributed by atoms with E-state index in [2.05, 4.69) is 24.3 Å². The first kappa shape index (κ1) is 18.1. The number of hydrogen-bond acceptors (Lipinski definition) is 5. The molecule has 2 aromatic heterocycles. The Morgan fingerprint density at radius 3 is 2.52 bits per heavy atom. The van der Waals surface area contributed by atoms with Crippen LogP contribution in [0.25, 0.3) is 32.6 Å². The molecule has 142 valence electrons. The number of fused-ring (bicyclic) bond motifs is 1. The molecule has 1 saturated heterocycles. The number of thioether (sulfide) groups is 1. The van der Waals surface area contributed by atoms with Gasteiger partial charge in [-0.05, 0) is 35.4 Å². The fraction of sp³-hybridized carbons (Fsp3) is 0.0870. The second-order valence-corrected chi connectivity index (χ2v) is 8.83. The number of rotatable bonds is 4. The van der Waals surface area contributed by atoms with Gasteiger partial charge >= 0.3 is 0 Å². The molecular weight excluding hydrogens is 400 g/mol. The number of imide groups is 1. The molecule has 6 heteroatoms. The Morgan fingerprint density at radius 1 is 0.931 bits per heavy atom. The van der Waals surface area contributed by atoms with Gasteiger partial charge in [-0.15, -0.1) is 11.3 Å². The smallest absolute Gasteiger partial charge is 0.273 e. The van der Waals surface area contributed by atoms with E-state index in [1.54, 1.807) is 11.3 Å². The third-order valence-electron chi connectivity index (χ3n) is 4.87. The Kier molecular flexibility index (Phi) is 4.66. The van der Waals surface area contributed by atoms with E-state index in [0.29, 0.717) is 6.54 Å². The van der Waals surface area contributed by atoms with Crippen LogP contribution in [0.15, 0.2) is 72.8 Å². The van der Waals surface area contributed by atoms with Gasteiger partial charge in [0, 0.05) is 10.3 Å². The zero-order valence-electron chi connectivity index (χ0n) is 15.4. The highest BCUT2D eigenvalue weighted by molar-refractivity contribution is 8.14. The molecule has 0 aliphatic carbocycles. The van der Waals surface area contributed by atoms with Gasteiger partial charge in [-0.1, -0.05) is 60.3 Å². The maximum Gasteiger partial charge on any atom is 0.289 e. The predicted octanol–water partition coefficient (Wildman–Crippen LogP) is 5.83. The van der Waals surface area contributed by atoms with Gasteiger partial charge in [0.15, 0.2) is 0 Å². The molecule has 2 aromatic carbocycles. The lowest BCUT2D eigenvalue weighted by Crippen LogP contribution is -2.27. The minimum absolute atomic E-state index is 0.120. The number of aromatic nitrogens is 1. The van der Waals surface area contributed by atoms with Crippen LogP contribution in [-0.2, 0) is 11.3 Å². The van der Waals surface area contributed by atoms with Gasteiger partial charge in [-0.25, -0.2) is 4.98 Å². The van der Waals surface area contributed by atoms with E-state index in [1.807, 2.05) is 48.5 Å². The summed E-state index contributed by atoms with van der Waals surface area (Å²) in [5, 5.41) is 0.949. The van der Waals surface area contributed by atoms with Gasteiger partial charge < -0.3 is 0 Å². The summed E-state index contributed by atoms with van der Waals surface area (Å²) in [6.45, 7) is 0.328. The highest BCUT2D eigenvalue weighted by Gasteiger charge is 2.30. The molecule has 2 amide bonds. The number of pyridine rings is 1. The summed E-state index contributed by atoms with van der Waals surface area (Å²) >= 11 is 2.64. The van der Waals surface area contributed by atoms with Crippen LogP contribution in [0.1, 0.15) is 4.88 Å². The molecule has 1 aliphatic heterocycles. The van der Waals surface area contributed by atoms with Crippen LogP contribution < -0.4 is 0 Å². The predicted molar refractivity (Wildman–Crippen MR) is 119 cm³/mol. The third kappa shape index (κ3) is 3.45. The zero-order chi connectivity index (χ0) is 19.8. The summed E-state index contributed by atoms with van der Waals surface area (Å²) in [6, 6.07) is 24.6. The Balaban J connectivity index is 1.55. The van der Waals surface area contributed by atoms with Crippen LogP contribution >= 0.6 is 23.1 Å². The fourth-order valence-electron chi connectivity index (χ4n) is 3.45. The number of benzene rings is 2. The Bertz CT molecular complexity index is 1220. The quantitative estimate of drug-likeness (QED) is 0.420. The molecular formula is C23H16N2O2S2. The van der Waals surface area contributed by atoms with Crippen LogP contribution in [-0.4, -0.2) is 26.8 Å². The minimum atomic E-state index is -0.167. The maximum absolute atomic E-state index is 11.9. The summed E-state index contributed by atoms with van der Waals surface area (Å²) in [5.41, 5.74) is 4.13. The van der Waals surface area contributed by atoms with Crippen molar-refractivity contribution in [2.75, 3.05) is 5.75 Å². The molecule has 0 atom stereocenters.